The van der Waals surface area contributed by atoms with Crippen LogP contribution < -0.4 is 61.4 Å². The molecule has 0 bridgehead atoms. The van der Waals surface area contributed by atoms with Crippen molar-refractivity contribution in [2.24, 2.45) is 50.1 Å². The van der Waals surface area contributed by atoms with Crippen molar-refractivity contribution in [3.05, 3.63) is 0 Å². The second-order valence-corrected chi connectivity index (χ2v) is 10.5. The molecule has 1 unspecified atom stereocenters. The van der Waals surface area contributed by atoms with Crippen LogP contribution in [-0.2, 0) is 24.0 Å². The first kappa shape index (κ1) is 40.8. The van der Waals surface area contributed by atoms with E-state index in [-0.39, 0.29) is 50.2 Å². The molecular weight excluding hydrogens is 590 g/mol. The van der Waals surface area contributed by atoms with Gasteiger partial charge in [-0.25, -0.2) is 4.79 Å². The van der Waals surface area contributed by atoms with Crippen LogP contribution in [0.5, 0.6) is 0 Å². The molecule has 4 amide bonds. The van der Waals surface area contributed by atoms with Crippen LogP contribution in [0.4, 0.5) is 0 Å². The largest absolute Gasteiger partial charge is 0.480 e. The molecular formula is C26H53N13O6. The minimum atomic E-state index is -1.26. The van der Waals surface area contributed by atoms with E-state index in [1.54, 1.807) is 0 Å². The molecule has 19 nitrogen and oxygen atoms in total. The number of carboxylic acid groups (broad SMARTS) is 1. The smallest absolute Gasteiger partial charge is 0.326 e. The maximum atomic E-state index is 12.8. The fourth-order valence-corrected chi connectivity index (χ4v) is 3.93. The molecule has 19 heteroatoms. The summed E-state index contributed by atoms with van der Waals surface area (Å²) >= 11 is 0. The number of rotatable bonds is 24. The Balaban J connectivity index is 4.61. The van der Waals surface area contributed by atoms with Gasteiger partial charge in [0.1, 0.15) is 18.1 Å². The highest BCUT2D eigenvalue weighted by molar-refractivity contribution is 5.93. The van der Waals surface area contributed by atoms with Crippen LogP contribution in [0.1, 0.15) is 64.7 Å². The maximum absolute atomic E-state index is 12.8. The molecule has 0 radical (unpaired) electrons. The molecule has 19 N–H and O–H groups in total. The summed E-state index contributed by atoms with van der Waals surface area (Å²) in [5.74, 6) is -3.65. The molecule has 0 fully saturated rings. The second-order valence-electron chi connectivity index (χ2n) is 10.5. The lowest BCUT2D eigenvalue weighted by Crippen LogP contribution is -2.56. The lowest BCUT2D eigenvalue weighted by Gasteiger charge is -2.23. The molecule has 5 atom stereocenters. The standard InChI is InChI=1S/C26H53N13O6/c1-15(20(40)39-19(24(44)45)9-6-14-36-26(32)33)37-23(43)18(10-11-27)38-22(42)17(29)8-2-4-12-34-21(41)16(28)7-3-5-13-35-25(30)31/h15-19H,2-14,27-29H2,1H3,(H,34,41)(H,37,43)(H,38,42)(H,39,40)(H,44,45)(H4,30,31,35)(H4,32,33,36)/t15-,16?,17-,18-,19-/m0/s1. The van der Waals surface area contributed by atoms with Crippen molar-refractivity contribution >= 4 is 41.5 Å². The van der Waals surface area contributed by atoms with E-state index >= 15 is 0 Å². The van der Waals surface area contributed by atoms with E-state index in [0.717, 1.165) is 0 Å². The van der Waals surface area contributed by atoms with Gasteiger partial charge in [-0.1, -0.05) is 0 Å². The van der Waals surface area contributed by atoms with Crippen LogP contribution in [0.15, 0.2) is 9.98 Å². The van der Waals surface area contributed by atoms with Crippen LogP contribution >= 0.6 is 0 Å². The van der Waals surface area contributed by atoms with E-state index < -0.39 is 53.9 Å². The third-order valence-corrected chi connectivity index (χ3v) is 6.53. The number of hydrogen-bond acceptors (Lipinski definition) is 10. The fraction of sp³-hybridized carbons (Fsp3) is 0.731. The summed E-state index contributed by atoms with van der Waals surface area (Å²) in [6, 6.07) is -4.99. The number of nitrogens with one attached hydrogen (secondary N) is 4. The van der Waals surface area contributed by atoms with Crippen molar-refractivity contribution in [3.63, 3.8) is 0 Å². The summed E-state index contributed by atoms with van der Waals surface area (Å²) in [7, 11) is 0. The normalized spacial score (nSPS) is 14.0. The molecule has 0 saturated carbocycles. The molecule has 0 spiro atoms. The summed E-state index contributed by atoms with van der Waals surface area (Å²) in [4.78, 5) is 69.3. The van der Waals surface area contributed by atoms with E-state index in [1.807, 2.05) is 0 Å². The van der Waals surface area contributed by atoms with Crippen LogP contribution in [0.25, 0.3) is 0 Å². The van der Waals surface area contributed by atoms with Gasteiger partial charge < -0.3 is 66.5 Å². The molecule has 0 aromatic heterocycles. The van der Waals surface area contributed by atoms with Gasteiger partial charge >= 0.3 is 5.97 Å². The Kier molecular flexibility index (Phi) is 21.0. The van der Waals surface area contributed by atoms with Crippen LogP contribution in [0.2, 0.25) is 0 Å². The first-order valence-corrected chi connectivity index (χ1v) is 14.9. The number of amides is 4. The molecule has 258 valence electrons. The quantitative estimate of drug-likeness (QED) is 0.0267. The number of nitrogens with zero attached hydrogens (tertiary/aromatic N) is 2. The Hall–Kier alpha value is -4.23. The summed E-state index contributed by atoms with van der Waals surface area (Å²) < 4.78 is 0. The van der Waals surface area contributed by atoms with Gasteiger partial charge in [0.05, 0.1) is 12.1 Å². The number of carbonyl (C=O) groups is 5. The monoisotopic (exact) mass is 643 g/mol. The van der Waals surface area contributed by atoms with Gasteiger partial charge in [0.2, 0.25) is 23.6 Å². The molecule has 0 heterocycles. The van der Waals surface area contributed by atoms with E-state index in [4.69, 9.17) is 40.1 Å². The number of carboxylic acids is 1. The SMILES string of the molecule is C[C@H](NC(=O)[C@H](CCN)NC(=O)[C@@H](N)CCCCNC(=O)C(N)CCCCN=C(N)N)C(=O)N[C@@H](CCCN=C(N)N)C(=O)O. The van der Waals surface area contributed by atoms with Crippen molar-refractivity contribution in [3.8, 4) is 0 Å². The lowest BCUT2D eigenvalue weighted by atomic mass is 10.1. The highest BCUT2D eigenvalue weighted by Crippen LogP contribution is 2.04. The Labute approximate surface area is 263 Å². The van der Waals surface area contributed by atoms with Crippen molar-refractivity contribution in [2.75, 3.05) is 26.2 Å². The van der Waals surface area contributed by atoms with Crippen molar-refractivity contribution in [1.82, 2.24) is 21.3 Å². The predicted octanol–water partition coefficient (Wildman–Crippen LogP) is -4.67. The Bertz CT molecular complexity index is 1000. The maximum Gasteiger partial charge on any atom is 0.326 e. The lowest BCUT2D eigenvalue weighted by molar-refractivity contribution is -0.142. The fourth-order valence-electron chi connectivity index (χ4n) is 3.93. The minimum absolute atomic E-state index is 0.0187. The van der Waals surface area contributed by atoms with Crippen molar-refractivity contribution in [2.45, 2.75) is 94.9 Å². The van der Waals surface area contributed by atoms with Gasteiger partial charge in [0.15, 0.2) is 11.9 Å². The number of aliphatic imine (C=N–C) groups is 2. The Morgan fingerprint density at radius 1 is 0.644 bits per heavy atom. The number of aliphatic carboxylic acids is 1. The summed E-state index contributed by atoms with van der Waals surface area (Å²) in [6.07, 6.45) is 3.67. The second kappa shape index (κ2) is 23.2. The van der Waals surface area contributed by atoms with Gasteiger partial charge in [-0.2, -0.15) is 0 Å². The topological polar surface area (TPSA) is 361 Å². The highest BCUT2D eigenvalue weighted by atomic mass is 16.4. The molecule has 0 rings (SSSR count). The van der Waals surface area contributed by atoms with Gasteiger partial charge in [-0.3, -0.25) is 29.2 Å². The van der Waals surface area contributed by atoms with Crippen LogP contribution in [-0.4, -0.2) is 103 Å². The predicted molar refractivity (Wildman–Crippen MR) is 170 cm³/mol. The molecule has 45 heavy (non-hydrogen) atoms. The van der Waals surface area contributed by atoms with E-state index in [0.29, 0.717) is 51.6 Å². The van der Waals surface area contributed by atoms with E-state index in [2.05, 4.69) is 31.3 Å². The zero-order valence-corrected chi connectivity index (χ0v) is 26.0. The Morgan fingerprint density at radius 2 is 1.18 bits per heavy atom. The Morgan fingerprint density at radius 3 is 1.73 bits per heavy atom. The molecule has 0 aliphatic carbocycles. The van der Waals surface area contributed by atoms with E-state index in [1.165, 1.54) is 6.92 Å². The number of carbonyl (C=O) groups excluding carboxylic acids is 4. The summed E-state index contributed by atoms with van der Waals surface area (Å²) in [6.45, 7) is 2.44. The third-order valence-electron chi connectivity index (χ3n) is 6.53. The molecule has 0 aliphatic heterocycles. The molecule has 0 aromatic carbocycles. The molecule has 0 aliphatic rings. The average molecular weight is 644 g/mol. The average Bonchev–Trinajstić information content (AvgIpc) is 2.96. The number of guanidine groups is 2. The zero-order chi connectivity index (χ0) is 34.4. The van der Waals surface area contributed by atoms with E-state index in [9.17, 15) is 29.1 Å². The highest BCUT2D eigenvalue weighted by Gasteiger charge is 2.28. The van der Waals surface area contributed by atoms with Crippen LogP contribution in [0, 0.1) is 0 Å². The van der Waals surface area contributed by atoms with Crippen molar-refractivity contribution < 1.29 is 29.1 Å². The zero-order valence-electron chi connectivity index (χ0n) is 26.0. The van der Waals surface area contributed by atoms with Gasteiger partial charge in [0.25, 0.3) is 0 Å². The van der Waals surface area contributed by atoms with Gasteiger partial charge in [-0.05, 0) is 71.3 Å². The molecule has 0 aromatic rings. The summed E-state index contributed by atoms with van der Waals surface area (Å²) in [5, 5.41) is 19.5. The number of hydrogen-bond donors (Lipinski definition) is 12. The van der Waals surface area contributed by atoms with Crippen molar-refractivity contribution in [1.29, 1.82) is 0 Å². The third kappa shape index (κ3) is 19.6. The molecule has 0 saturated heterocycles. The van der Waals surface area contributed by atoms with Crippen LogP contribution in [0.3, 0.4) is 0 Å². The first-order valence-electron chi connectivity index (χ1n) is 14.9. The minimum Gasteiger partial charge on any atom is -0.480 e. The summed E-state index contributed by atoms with van der Waals surface area (Å²) in [5.41, 5.74) is 38.5. The number of nitrogens with two attached hydrogens (primary N) is 7. The number of unbranched alkanes of at least 4 members (excludes halogenated alkanes) is 2. The van der Waals surface area contributed by atoms with Gasteiger partial charge in [0, 0.05) is 19.6 Å². The van der Waals surface area contributed by atoms with Gasteiger partial charge in [-0.15, -0.1) is 0 Å². The first-order chi connectivity index (χ1) is 21.2.